The lowest BCUT2D eigenvalue weighted by Gasteiger charge is -2.27. The van der Waals surface area contributed by atoms with Crippen LogP contribution in [-0.2, 0) is 13.0 Å². The van der Waals surface area contributed by atoms with Gasteiger partial charge in [0.2, 0.25) is 0 Å². The van der Waals surface area contributed by atoms with E-state index in [4.69, 9.17) is 23.2 Å². The van der Waals surface area contributed by atoms with Gasteiger partial charge < -0.3 is 0 Å². The molecule has 1 heterocycles. The summed E-state index contributed by atoms with van der Waals surface area (Å²) in [4.78, 5) is 0. The number of aryl methyl sites for hydroxylation is 2. The zero-order valence-electron chi connectivity index (χ0n) is 10.8. The van der Waals surface area contributed by atoms with Gasteiger partial charge in [0.1, 0.15) is 0 Å². The van der Waals surface area contributed by atoms with Crippen LogP contribution in [0.15, 0.2) is 0 Å². The van der Waals surface area contributed by atoms with Gasteiger partial charge in [0, 0.05) is 12.4 Å². The molecule has 0 aromatic carbocycles. The Morgan fingerprint density at radius 1 is 1.47 bits per heavy atom. The molecule has 1 aliphatic rings. The molecule has 0 spiro atoms. The molecule has 1 aromatic heterocycles. The summed E-state index contributed by atoms with van der Waals surface area (Å²) < 4.78 is 2.02. The predicted molar refractivity (Wildman–Crippen MR) is 72.9 cm³/mol. The van der Waals surface area contributed by atoms with Crippen molar-refractivity contribution in [3.8, 4) is 0 Å². The van der Waals surface area contributed by atoms with Gasteiger partial charge in [-0.3, -0.25) is 4.68 Å². The summed E-state index contributed by atoms with van der Waals surface area (Å²) in [6.07, 6.45) is 3.55. The molecule has 1 unspecified atom stereocenters. The van der Waals surface area contributed by atoms with E-state index in [1.165, 1.54) is 12.8 Å². The van der Waals surface area contributed by atoms with Gasteiger partial charge in [0.25, 0.3) is 0 Å². The van der Waals surface area contributed by atoms with Gasteiger partial charge in [-0.15, -0.1) is 11.6 Å². The Morgan fingerprint density at radius 2 is 2.12 bits per heavy atom. The van der Waals surface area contributed by atoms with Crippen LogP contribution in [0.4, 0.5) is 0 Å². The summed E-state index contributed by atoms with van der Waals surface area (Å²) in [5.74, 6) is 1.46. The lowest BCUT2D eigenvalue weighted by molar-refractivity contribution is 0.304. The number of hydrogen-bond acceptors (Lipinski definition) is 1. The topological polar surface area (TPSA) is 17.8 Å². The first-order valence-electron chi connectivity index (χ1n) is 6.29. The molecule has 1 aromatic rings. The smallest absolute Gasteiger partial charge is 0.0847 e. The maximum absolute atomic E-state index is 6.35. The van der Waals surface area contributed by atoms with E-state index in [0.29, 0.717) is 5.88 Å². The average Bonchev–Trinajstić information content (AvgIpc) is 3.13. The SMILES string of the molecule is CCn1nc(C)c(Cl)c1CC(C)(CCl)C1CC1. The highest BCUT2D eigenvalue weighted by Gasteiger charge is 2.41. The minimum atomic E-state index is 0.171. The van der Waals surface area contributed by atoms with Gasteiger partial charge in [0.15, 0.2) is 0 Å². The highest BCUT2D eigenvalue weighted by atomic mass is 35.5. The molecule has 96 valence electrons. The van der Waals surface area contributed by atoms with Crippen LogP contribution in [0.2, 0.25) is 5.02 Å². The van der Waals surface area contributed by atoms with Crippen molar-refractivity contribution in [1.82, 2.24) is 9.78 Å². The monoisotopic (exact) mass is 274 g/mol. The maximum atomic E-state index is 6.35. The molecule has 1 saturated carbocycles. The molecule has 2 rings (SSSR count). The fourth-order valence-corrected chi connectivity index (χ4v) is 3.02. The Kier molecular flexibility index (Phi) is 3.74. The van der Waals surface area contributed by atoms with Crippen LogP contribution in [0.5, 0.6) is 0 Å². The molecule has 0 aliphatic heterocycles. The van der Waals surface area contributed by atoms with E-state index in [0.717, 1.165) is 35.3 Å². The van der Waals surface area contributed by atoms with Gasteiger partial charge in [-0.05, 0) is 44.4 Å². The highest BCUT2D eigenvalue weighted by Crippen LogP contribution is 2.48. The highest BCUT2D eigenvalue weighted by molar-refractivity contribution is 6.31. The first kappa shape index (κ1) is 13.2. The van der Waals surface area contributed by atoms with E-state index in [-0.39, 0.29) is 5.41 Å². The minimum absolute atomic E-state index is 0.171. The van der Waals surface area contributed by atoms with Crippen molar-refractivity contribution in [2.75, 3.05) is 5.88 Å². The third-order valence-electron chi connectivity index (χ3n) is 3.89. The van der Waals surface area contributed by atoms with Crippen LogP contribution in [-0.4, -0.2) is 15.7 Å². The van der Waals surface area contributed by atoms with E-state index >= 15 is 0 Å². The summed E-state index contributed by atoms with van der Waals surface area (Å²) >= 11 is 12.5. The van der Waals surface area contributed by atoms with Crippen molar-refractivity contribution in [2.24, 2.45) is 11.3 Å². The fraction of sp³-hybridized carbons (Fsp3) is 0.769. The number of aromatic nitrogens is 2. The molecule has 0 saturated heterocycles. The summed E-state index contributed by atoms with van der Waals surface area (Å²) in [7, 11) is 0. The van der Waals surface area contributed by atoms with Crippen LogP contribution in [0.1, 0.15) is 38.1 Å². The van der Waals surface area contributed by atoms with E-state index in [1.807, 2.05) is 11.6 Å². The molecular formula is C13H20Cl2N2. The molecule has 0 radical (unpaired) electrons. The summed E-state index contributed by atoms with van der Waals surface area (Å²) in [6.45, 7) is 7.21. The van der Waals surface area contributed by atoms with Crippen molar-refractivity contribution >= 4 is 23.2 Å². The van der Waals surface area contributed by atoms with Gasteiger partial charge >= 0.3 is 0 Å². The summed E-state index contributed by atoms with van der Waals surface area (Å²) in [6, 6.07) is 0. The first-order chi connectivity index (χ1) is 8.01. The Labute approximate surface area is 113 Å². The van der Waals surface area contributed by atoms with Crippen LogP contribution >= 0.6 is 23.2 Å². The van der Waals surface area contributed by atoms with Gasteiger partial charge in [0.05, 0.1) is 16.4 Å². The maximum Gasteiger partial charge on any atom is 0.0847 e. The standard InChI is InChI=1S/C13H20Cl2N2/c1-4-17-11(12(15)9(2)16-17)7-13(3,8-14)10-5-6-10/h10H,4-8H2,1-3H3. The predicted octanol–water partition coefficient (Wildman–Crippen LogP) is 4.06. The summed E-state index contributed by atoms with van der Waals surface area (Å²) in [5, 5.41) is 5.29. The number of alkyl halides is 1. The Balaban J connectivity index is 2.27. The molecule has 1 fully saturated rings. The molecule has 1 atom stereocenters. The molecule has 0 amide bonds. The second-order valence-electron chi connectivity index (χ2n) is 5.40. The molecule has 17 heavy (non-hydrogen) atoms. The van der Waals surface area contributed by atoms with Crippen molar-refractivity contribution in [3.05, 3.63) is 16.4 Å². The van der Waals surface area contributed by atoms with E-state index in [2.05, 4.69) is 18.9 Å². The molecular weight excluding hydrogens is 255 g/mol. The zero-order valence-corrected chi connectivity index (χ0v) is 12.3. The largest absolute Gasteiger partial charge is 0.268 e. The van der Waals surface area contributed by atoms with Crippen molar-refractivity contribution in [1.29, 1.82) is 0 Å². The first-order valence-corrected chi connectivity index (χ1v) is 7.21. The van der Waals surface area contributed by atoms with Crippen LogP contribution in [0, 0.1) is 18.3 Å². The lowest BCUT2D eigenvalue weighted by Crippen LogP contribution is -2.26. The van der Waals surface area contributed by atoms with Crippen molar-refractivity contribution in [3.63, 3.8) is 0 Å². The van der Waals surface area contributed by atoms with E-state index < -0.39 is 0 Å². The molecule has 0 bridgehead atoms. The number of nitrogens with zero attached hydrogens (tertiary/aromatic N) is 2. The van der Waals surface area contributed by atoms with Crippen LogP contribution in [0.25, 0.3) is 0 Å². The molecule has 1 aliphatic carbocycles. The number of hydrogen-bond donors (Lipinski definition) is 0. The molecule has 4 heteroatoms. The molecule has 2 nitrogen and oxygen atoms in total. The Morgan fingerprint density at radius 3 is 2.59 bits per heavy atom. The second-order valence-corrected chi connectivity index (χ2v) is 6.05. The summed E-state index contributed by atoms with van der Waals surface area (Å²) in [5.41, 5.74) is 2.25. The van der Waals surface area contributed by atoms with Crippen LogP contribution < -0.4 is 0 Å². The molecule has 0 N–H and O–H groups in total. The fourth-order valence-electron chi connectivity index (χ4n) is 2.50. The van der Waals surface area contributed by atoms with Gasteiger partial charge in [-0.1, -0.05) is 18.5 Å². The quantitative estimate of drug-likeness (QED) is 0.741. The zero-order chi connectivity index (χ0) is 12.6. The van der Waals surface area contributed by atoms with Crippen molar-refractivity contribution < 1.29 is 0 Å². The number of halogens is 2. The van der Waals surface area contributed by atoms with E-state index in [9.17, 15) is 0 Å². The van der Waals surface area contributed by atoms with Gasteiger partial charge in [-0.2, -0.15) is 5.10 Å². The third-order valence-corrected chi connectivity index (χ3v) is 4.99. The average molecular weight is 275 g/mol. The second kappa shape index (κ2) is 4.81. The normalized spacial score (nSPS) is 19.4. The number of rotatable bonds is 5. The Hall–Kier alpha value is -0.210. The minimum Gasteiger partial charge on any atom is -0.268 e. The lowest BCUT2D eigenvalue weighted by atomic mass is 9.82. The van der Waals surface area contributed by atoms with Crippen molar-refractivity contribution in [2.45, 2.75) is 46.6 Å². The van der Waals surface area contributed by atoms with E-state index in [1.54, 1.807) is 0 Å². The van der Waals surface area contributed by atoms with Gasteiger partial charge in [-0.25, -0.2) is 0 Å². The van der Waals surface area contributed by atoms with Crippen LogP contribution in [0.3, 0.4) is 0 Å². The third kappa shape index (κ3) is 2.48. The Bertz CT molecular complexity index is 410.